The molecular formula is C20H28N2O5. The summed E-state index contributed by atoms with van der Waals surface area (Å²) in [4.78, 5) is 36.2. The number of nitrogens with one attached hydrogen (secondary N) is 2. The maximum absolute atomic E-state index is 12.7. The fourth-order valence-corrected chi connectivity index (χ4v) is 3.28. The lowest BCUT2D eigenvalue weighted by molar-refractivity contribution is -0.142. The van der Waals surface area contributed by atoms with E-state index in [-0.39, 0.29) is 29.7 Å². The van der Waals surface area contributed by atoms with Crippen molar-refractivity contribution in [3.05, 3.63) is 29.8 Å². The molecule has 0 bridgehead atoms. The van der Waals surface area contributed by atoms with Crippen molar-refractivity contribution in [2.45, 2.75) is 51.6 Å². The molecule has 0 aliphatic heterocycles. The van der Waals surface area contributed by atoms with Gasteiger partial charge < -0.3 is 20.5 Å². The number of carboxylic acids is 1. The second-order valence-electron chi connectivity index (χ2n) is 7.32. The van der Waals surface area contributed by atoms with Gasteiger partial charge in [-0.1, -0.05) is 13.8 Å². The zero-order valence-electron chi connectivity index (χ0n) is 16.0. The molecule has 0 saturated heterocycles. The summed E-state index contributed by atoms with van der Waals surface area (Å²) in [7, 11) is 1.55. The zero-order chi connectivity index (χ0) is 20.0. The van der Waals surface area contributed by atoms with E-state index in [2.05, 4.69) is 10.6 Å². The van der Waals surface area contributed by atoms with E-state index in [9.17, 15) is 14.4 Å². The van der Waals surface area contributed by atoms with Gasteiger partial charge in [-0.3, -0.25) is 14.4 Å². The molecule has 1 fully saturated rings. The highest BCUT2D eigenvalue weighted by molar-refractivity contribution is 5.97. The van der Waals surface area contributed by atoms with Crippen molar-refractivity contribution in [3.63, 3.8) is 0 Å². The van der Waals surface area contributed by atoms with E-state index in [0.717, 1.165) is 0 Å². The predicted molar refractivity (Wildman–Crippen MR) is 101 cm³/mol. The van der Waals surface area contributed by atoms with Crippen LogP contribution >= 0.6 is 0 Å². The summed E-state index contributed by atoms with van der Waals surface area (Å²) in [6, 6.07) is 5.98. The number of hydrogen-bond donors (Lipinski definition) is 3. The van der Waals surface area contributed by atoms with Crippen molar-refractivity contribution < 1.29 is 24.2 Å². The lowest BCUT2D eigenvalue weighted by atomic mass is 9.86. The molecule has 1 saturated carbocycles. The van der Waals surface area contributed by atoms with Crippen LogP contribution in [0.3, 0.4) is 0 Å². The van der Waals surface area contributed by atoms with Crippen LogP contribution in [-0.2, 0) is 9.59 Å². The molecule has 1 aromatic carbocycles. The third-order valence-corrected chi connectivity index (χ3v) is 5.01. The van der Waals surface area contributed by atoms with Gasteiger partial charge in [0.1, 0.15) is 11.8 Å². The van der Waals surface area contributed by atoms with Gasteiger partial charge in [-0.2, -0.15) is 0 Å². The van der Waals surface area contributed by atoms with Crippen LogP contribution in [0.5, 0.6) is 5.75 Å². The van der Waals surface area contributed by atoms with Crippen molar-refractivity contribution in [1.82, 2.24) is 10.6 Å². The maximum atomic E-state index is 12.7. The molecule has 7 nitrogen and oxygen atoms in total. The van der Waals surface area contributed by atoms with Crippen LogP contribution in [-0.4, -0.2) is 42.1 Å². The van der Waals surface area contributed by atoms with E-state index in [4.69, 9.17) is 9.84 Å². The van der Waals surface area contributed by atoms with Gasteiger partial charge in [0.2, 0.25) is 5.91 Å². The van der Waals surface area contributed by atoms with E-state index < -0.39 is 12.0 Å². The van der Waals surface area contributed by atoms with Crippen LogP contribution in [0, 0.1) is 11.8 Å². The number of carbonyl (C=O) groups excluding carboxylic acids is 2. The molecule has 1 atom stereocenters. The van der Waals surface area contributed by atoms with Gasteiger partial charge in [-0.25, -0.2) is 0 Å². The van der Waals surface area contributed by atoms with Gasteiger partial charge in [0.05, 0.1) is 13.0 Å². The summed E-state index contributed by atoms with van der Waals surface area (Å²) in [5, 5.41) is 14.8. The Morgan fingerprint density at radius 2 is 1.67 bits per heavy atom. The quantitative estimate of drug-likeness (QED) is 0.677. The minimum Gasteiger partial charge on any atom is -0.497 e. The number of amides is 2. The standard InChI is InChI=1S/C20H28N2O5/c1-12(2)17(22-18(23)13-6-10-16(27-3)11-7-13)19(24)21-15-8-4-14(5-9-15)20(25)26/h6-7,10-12,14-15,17H,4-5,8-9H2,1-3H3,(H,21,24)(H,22,23)(H,25,26)/t14?,15?,17-/m1/s1. The Morgan fingerprint density at radius 3 is 2.15 bits per heavy atom. The summed E-state index contributed by atoms with van der Waals surface area (Å²) in [5.41, 5.74) is 0.455. The SMILES string of the molecule is COc1ccc(C(=O)N[C@@H](C(=O)NC2CCC(C(=O)O)CC2)C(C)C)cc1. The smallest absolute Gasteiger partial charge is 0.306 e. The normalized spacial score (nSPS) is 20.6. The number of rotatable bonds is 7. The third-order valence-electron chi connectivity index (χ3n) is 5.01. The van der Waals surface area contributed by atoms with Gasteiger partial charge in [-0.05, 0) is 55.9 Å². The minimum atomic E-state index is -0.772. The van der Waals surface area contributed by atoms with Crippen molar-refractivity contribution in [2.75, 3.05) is 7.11 Å². The Balaban J connectivity index is 1.94. The Bertz CT molecular complexity index is 663. The minimum absolute atomic E-state index is 0.0489. The van der Waals surface area contributed by atoms with Crippen molar-refractivity contribution in [3.8, 4) is 5.75 Å². The lowest BCUT2D eigenvalue weighted by Crippen LogP contribution is -2.52. The second-order valence-corrected chi connectivity index (χ2v) is 7.32. The average molecular weight is 376 g/mol. The Labute approximate surface area is 159 Å². The molecule has 27 heavy (non-hydrogen) atoms. The first-order valence-electron chi connectivity index (χ1n) is 9.30. The van der Waals surface area contributed by atoms with E-state index in [1.54, 1.807) is 31.4 Å². The molecule has 2 amide bonds. The van der Waals surface area contributed by atoms with E-state index in [1.807, 2.05) is 13.8 Å². The van der Waals surface area contributed by atoms with Gasteiger partial charge in [-0.15, -0.1) is 0 Å². The number of carbonyl (C=O) groups is 3. The first-order chi connectivity index (χ1) is 12.8. The number of hydrogen-bond acceptors (Lipinski definition) is 4. The largest absolute Gasteiger partial charge is 0.497 e. The number of benzene rings is 1. The van der Waals surface area contributed by atoms with E-state index in [1.165, 1.54) is 0 Å². The summed E-state index contributed by atoms with van der Waals surface area (Å²) in [6.07, 6.45) is 2.40. The van der Waals surface area contributed by atoms with Gasteiger partial charge in [0.15, 0.2) is 0 Å². The molecule has 1 aromatic rings. The molecule has 0 heterocycles. The molecule has 148 valence electrons. The van der Waals surface area contributed by atoms with Gasteiger partial charge in [0.25, 0.3) is 5.91 Å². The van der Waals surface area contributed by atoms with Crippen molar-refractivity contribution in [1.29, 1.82) is 0 Å². The molecule has 3 N–H and O–H groups in total. The summed E-state index contributed by atoms with van der Waals surface area (Å²) >= 11 is 0. The Hall–Kier alpha value is -2.57. The lowest BCUT2D eigenvalue weighted by Gasteiger charge is -2.29. The molecule has 2 rings (SSSR count). The number of aliphatic carboxylic acids is 1. The molecule has 1 aliphatic rings. The summed E-state index contributed by atoms with van der Waals surface area (Å²) in [5.74, 6) is -1.07. The molecule has 0 spiro atoms. The van der Waals surface area contributed by atoms with Crippen LogP contribution < -0.4 is 15.4 Å². The van der Waals surface area contributed by atoms with Gasteiger partial charge >= 0.3 is 5.97 Å². The van der Waals surface area contributed by atoms with Crippen LogP contribution in [0.25, 0.3) is 0 Å². The van der Waals surface area contributed by atoms with Crippen molar-refractivity contribution in [2.24, 2.45) is 11.8 Å². The molecule has 0 radical (unpaired) electrons. The Morgan fingerprint density at radius 1 is 1.07 bits per heavy atom. The number of methoxy groups -OCH3 is 1. The average Bonchev–Trinajstić information content (AvgIpc) is 2.66. The molecular weight excluding hydrogens is 348 g/mol. The van der Waals surface area contributed by atoms with Crippen LogP contribution in [0.1, 0.15) is 49.9 Å². The molecule has 7 heteroatoms. The van der Waals surface area contributed by atoms with E-state index >= 15 is 0 Å². The topological polar surface area (TPSA) is 105 Å². The molecule has 0 aromatic heterocycles. The fraction of sp³-hybridized carbons (Fsp3) is 0.550. The highest BCUT2D eigenvalue weighted by Crippen LogP contribution is 2.24. The molecule has 1 aliphatic carbocycles. The molecule has 0 unspecified atom stereocenters. The van der Waals surface area contributed by atoms with E-state index in [0.29, 0.717) is 37.0 Å². The second kappa shape index (κ2) is 9.39. The number of carboxylic acid groups (broad SMARTS) is 1. The summed E-state index contributed by atoms with van der Waals surface area (Å²) in [6.45, 7) is 3.75. The highest BCUT2D eigenvalue weighted by atomic mass is 16.5. The monoisotopic (exact) mass is 376 g/mol. The third kappa shape index (κ3) is 5.70. The number of ether oxygens (including phenoxy) is 1. The highest BCUT2D eigenvalue weighted by Gasteiger charge is 2.30. The Kier molecular flexibility index (Phi) is 7.21. The summed E-state index contributed by atoms with van der Waals surface area (Å²) < 4.78 is 5.08. The zero-order valence-corrected chi connectivity index (χ0v) is 16.0. The first kappa shape index (κ1) is 20.7. The van der Waals surface area contributed by atoms with Gasteiger partial charge in [0, 0.05) is 11.6 Å². The van der Waals surface area contributed by atoms with Crippen LogP contribution in [0.2, 0.25) is 0 Å². The maximum Gasteiger partial charge on any atom is 0.306 e. The van der Waals surface area contributed by atoms with Crippen LogP contribution in [0.15, 0.2) is 24.3 Å². The predicted octanol–water partition coefficient (Wildman–Crippen LogP) is 2.21. The fourth-order valence-electron chi connectivity index (χ4n) is 3.28. The van der Waals surface area contributed by atoms with Crippen LogP contribution in [0.4, 0.5) is 0 Å². The first-order valence-corrected chi connectivity index (χ1v) is 9.30. The van der Waals surface area contributed by atoms with Crippen molar-refractivity contribution >= 4 is 17.8 Å².